The van der Waals surface area contributed by atoms with E-state index >= 15 is 0 Å². The van der Waals surface area contributed by atoms with Crippen molar-refractivity contribution in [1.29, 1.82) is 0 Å². The van der Waals surface area contributed by atoms with Crippen LogP contribution in [0.25, 0.3) is 66.8 Å². The highest BCUT2D eigenvalue weighted by molar-refractivity contribution is 6.38. The Kier molecular flexibility index (Phi) is 35.5. The number of halogens is 4. The molecule has 6 aliphatic carbocycles. The fraction of sp³-hybridized carbons (Fsp3) is 0.302. The molecule has 5 saturated carbocycles. The molecule has 0 saturated heterocycles. The van der Waals surface area contributed by atoms with Crippen molar-refractivity contribution < 1.29 is 56.2 Å². The average molecular weight is 1970 g/mol. The number of aromatic hydroxyl groups is 9. The Bertz CT molecular complexity index is 6680. The zero-order valence-electron chi connectivity index (χ0n) is 84.5. The standard InChI is InChI=1S/C26H30O.C22H26O.C17H20O2.C17H20O.C16H14Cl2O.C14H12Cl2O2.C14H14O3/c1-15-4-6-20(7-5-15)24(21-8-16(2)26(27)17(3)9-21)25-22-11-18-10-19(13-22)14-23(25)12-18;1-15-9-11-19(12-10-15)21(18-7-5-4-6-8-18)20-13-16(2)22(23)17(3)14-20;1-5-13-9-15(8-12(4)17(13)19)14-6-10(2)16(18)11(3)7-14;1-10-6-15(7-11(2)14(10)5)16-8-12(3)17(18)13(4)9-16;1-9-2-3-11-6-10(4-5-13(9)11)12-7-14(17)16(19)15(18)8-12;1-2-8-5-9(3-4-13(8)17)10-6-11(15)14(18)12(16)7-10;15-8-12-6-11(7-13(9-16)14(12)17)10-4-2-1-3-5-10/h4-9,18-19,22-23,27H,10-14H2,1-3H3;9-14,23H,4-8H2,1-3H3;6-9,18-19H,5H2,1-4H3;6-9,18H,1-5H3;4-9,19H,2-3H2,1H3;3-7,17-18H,2H2,1H3;1-7,15-17H,8-9H2/t;;;;9-;;/m....0../s1. The summed E-state index contributed by atoms with van der Waals surface area (Å²) in [5.41, 5.74) is 42.0. The lowest BCUT2D eigenvalue weighted by molar-refractivity contribution is 0.0705. The van der Waals surface area contributed by atoms with E-state index in [-0.39, 0.29) is 56.3 Å². The SMILES string of the molecule is CCc1cc(-c2cc(C)c(O)c(C)c2)cc(C)c1O.CCc1cc(-c2cc(Cl)c(O)c(Cl)c2)ccc1O.C[C@H]1CCc2cc(-c3cc(Cl)c(O)c(Cl)c3)ccc21.Cc1cc(-c2cc(C)c(O)c(C)c2)cc(C)c1C.Cc1ccc(C(=C2C3CC4CC(C3)CC2C4)c2cc(C)c(O)c(C)c2)cc1.Cc1ccc(C(=C2CCCCC2)c2cc(C)c(O)c(C)c2)cc1.OCc1cc(-c2ccccc2)cc(CO)c1O. The summed E-state index contributed by atoms with van der Waals surface area (Å²) in [5, 5.41) is 108. The molecule has 20 rings (SSSR count). The van der Waals surface area contributed by atoms with Crippen LogP contribution in [0.3, 0.4) is 0 Å². The topological polar surface area (TPSA) is 223 Å². The monoisotopic (exact) mass is 1960 g/mol. The Morgan fingerprint density at radius 2 is 0.638 bits per heavy atom. The summed E-state index contributed by atoms with van der Waals surface area (Å²) in [6.45, 7) is 34.1. The van der Waals surface area contributed by atoms with E-state index in [2.05, 4.69) is 145 Å². The van der Waals surface area contributed by atoms with E-state index in [1.54, 1.807) is 59.7 Å². The number of aliphatic hydroxyl groups excluding tert-OH is 2. The van der Waals surface area contributed by atoms with Gasteiger partial charge in [-0.25, -0.2) is 0 Å². The highest BCUT2D eigenvalue weighted by atomic mass is 35.5. The first-order valence-electron chi connectivity index (χ1n) is 49.4. The van der Waals surface area contributed by atoms with Gasteiger partial charge in [0.15, 0.2) is 11.5 Å². The Labute approximate surface area is 854 Å². The van der Waals surface area contributed by atoms with Crippen LogP contribution < -0.4 is 0 Å². The molecule has 6 aliphatic rings. The number of aliphatic hydroxyl groups is 2. The number of phenols is 9. The summed E-state index contributed by atoms with van der Waals surface area (Å²) >= 11 is 23.7. The summed E-state index contributed by atoms with van der Waals surface area (Å²) in [5.74, 6) is 6.22. The minimum absolute atomic E-state index is 0.0327. The Morgan fingerprint density at radius 1 is 0.291 bits per heavy atom. The van der Waals surface area contributed by atoms with Gasteiger partial charge < -0.3 is 56.2 Å². The van der Waals surface area contributed by atoms with Crippen LogP contribution in [-0.2, 0) is 32.5 Å². The van der Waals surface area contributed by atoms with Crippen molar-refractivity contribution in [2.24, 2.45) is 23.7 Å². The molecule has 734 valence electrons. The van der Waals surface area contributed by atoms with Gasteiger partial charge in [-0.05, 0) is 497 Å². The highest BCUT2D eigenvalue weighted by Crippen LogP contribution is 2.59. The highest BCUT2D eigenvalue weighted by Gasteiger charge is 2.46. The van der Waals surface area contributed by atoms with Gasteiger partial charge in [0.25, 0.3) is 0 Å². The van der Waals surface area contributed by atoms with Crippen LogP contribution in [0, 0.1) is 121 Å². The molecule has 0 aliphatic heterocycles. The Balaban J connectivity index is 0.000000139. The molecule has 0 heterocycles. The predicted molar refractivity (Wildman–Crippen MR) is 586 cm³/mol. The third-order valence-corrected chi connectivity index (χ3v) is 30.2. The maximum absolute atomic E-state index is 10.3. The fourth-order valence-corrected chi connectivity index (χ4v) is 22.1. The molecule has 1 atom stereocenters. The number of phenolic OH excluding ortho intramolecular Hbond substituents is 8. The second-order valence-electron chi connectivity index (χ2n) is 39.6. The van der Waals surface area contributed by atoms with Crippen LogP contribution >= 0.6 is 46.4 Å². The van der Waals surface area contributed by atoms with Crippen molar-refractivity contribution in [3.63, 3.8) is 0 Å². The summed E-state index contributed by atoms with van der Waals surface area (Å²) in [7, 11) is 0. The van der Waals surface area contributed by atoms with E-state index in [4.69, 9.17) is 56.6 Å². The normalized spacial score (nSPS) is 15.7. The minimum Gasteiger partial charge on any atom is -0.508 e. The maximum Gasteiger partial charge on any atom is 0.152 e. The number of benzene rings is 14. The van der Waals surface area contributed by atoms with E-state index in [1.807, 2.05) is 149 Å². The van der Waals surface area contributed by atoms with Gasteiger partial charge in [-0.1, -0.05) is 211 Å². The number of hydrogen-bond acceptors (Lipinski definition) is 11. The molecule has 0 radical (unpaired) electrons. The molecule has 0 aromatic heterocycles. The van der Waals surface area contributed by atoms with Crippen LogP contribution in [0.15, 0.2) is 236 Å². The van der Waals surface area contributed by atoms with Crippen molar-refractivity contribution in [3.05, 3.63) is 389 Å². The van der Waals surface area contributed by atoms with Crippen molar-refractivity contribution in [1.82, 2.24) is 0 Å². The second kappa shape index (κ2) is 47.2. The van der Waals surface area contributed by atoms with Gasteiger partial charge in [0.2, 0.25) is 0 Å². The van der Waals surface area contributed by atoms with Gasteiger partial charge >= 0.3 is 0 Å². The lowest BCUT2D eigenvalue weighted by Gasteiger charge is -2.52. The Hall–Kier alpha value is -12.2. The molecular weight excluding hydrogens is 1830 g/mol. The van der Waals surface area contributed by atoms with Gasteiger partial charge in [-0.15, -0.1) is 0 Å². The number of fused-ring (bicyclic) bond motifs is 1. The molecule has 14 aromatic rings. The van der Waals surface area contributed by atoms with E-state index in [0.29, 0.717) is 45.8 Å². The number of aryl methyl sites for hydroxylation is 16. The molecule has 4 bridgehead atoms. The van der Waals surface area contributed by atoms with Gasteiger partial charge in [-0.2, -0.15) is 0 Å². The van der Waals surface area contributed by atoms with Crippen molar-refractivity contribution in [2.45, 2.75) is 227 Å². The fourth-order valence-electron chi connectivity index (χ4n) is 21.1. The quantitative estimate of drug-likeness (QED) is 0.0521. The zero-order valence-corrected chi connectivity index (χ0v) is 87.5. The molecular formula is C126H136Cl4O11. The molecule has 15 heteroatoms. The van der Waals surface area contributed by atoms with Crippen molar-refractivity contribution >= 4 is 57.5 Å². The van der Waals surface area contributed by atoms with Crippen LogP contribution in [0.2, 0.25) is 20.1 Å². The molecule has 11 N–H and O–H groups in total. The Morgan fingerprint density at radius 3 is 1.06 bits per heavy atom. The molecule has 0 spiro atoms. The largest absolute Gasteiger partial charge is 0.508 e. The summed E-state index contributed by atoms with van der Waals surface area (Å²) in [6.07, 6.45) is 17.3. The second-order valence-corrected chi connectivity index (χ2v) is 41.2. The van der Waals surface area contributed by atoms with E-state index in [1.165, 1.54) is 154 Å². The lowest BCUT2D eigenvalue weighted by Crippen LogP contribution is -2.40. The van der Waals surface area contributed by atoms with E-state index in [9.17, 15) is 46.0 Å². The van der Waals surface area contributed by atoms with Crippen LogP contribution in [0.4, 0.5) is 0 Å². The first-order chi connectivity index (χ1) is 67.2. The van der Waals surface area contributed by atoms with E-state index in [0.717, 1.165) is 149 Å². The molecule has 141 heavy (non-hydrogen) atoms. The minimum atomic E-state index is -0.250. The lowest BCUT2D eigenvalue weighted by atomic mass is 9.53. The number of hydrogen-bond donors (Lipinski definition) is 11. The van der Waals surface area contributed by atoms with Crippen molar-refractivity contribution in [3.8, 4) is 107 Å². The average Bonchev–Trinajstić information content (AvgIpc) is 0.922. The first-order valence-corrected chi connectivity index (χ1v) is 50.9. The molecule has 0 amide bonds. The molecule has 0 unspecified atom stereocenters. The third kappa shape index (κ3) is 25.3. The number of allylic oxidation sites excluding steroid dienone is 2. The van der Waals surface area contributed by atoms with E-state index < -0.39 is 0 Å². The van der Waals surface area contributed by atoms with Crippen molar-refractivity contribution in [2.75, 3.05) is 0 Å². The summed E-state index contributed by atoms with van der Waals surface area (Å²) in [4.78, 5) is 0. The number of rotatable bonds is 13. The molecule has 14 aromatic carbocycles. The van der Waals surface area contributed by atoms with Gasteiger partial charge in [-0.3, -0.25) is 0 Å². The van der Waals surface area contributed by atoms with Crippen LogP contribution in [-0.4, -0.2) is 56.2 Å². The zero-order chi connectivity index (χ0) is 102. The molecule has 11 nitrogen and oxygen atoms in total. The third-order valence-electron chi connectivity index (χ3n) is 29.1. The van der Waals surface area contributed by atoms with Crippen LogP contribution in [0.1, 0.15) is 231 Å². The summed E-state index contributed by atoms with van der Waals surface area (Å²) < 4.78 is 0. The van der Waals surface area contributed by atoms with Crippen LogP contribution in [0.5, 0.6) is 51.7 Å². The molecule has 5 fully saturated rings. The summed E-state index contributed by atoms with van der Waals surface area (Å²) in [6, 6.07) is 74.8. The van der Waals surface area contributed by atoms with Gasteiger partial charge in [0.05, 0.1) is 33.3 Å². The van der Waals surface area contributed by atoms with Gasteiger partial charge in [0, 0.05) is 11.1 Å². The smallest absolute Gasteiger partial charge is 0.152 e. The maximum atomic E-state index is 10.3. The first kappa shape index (κ1) is 106. The van der Waals surface area contributed by atoms with Gasteiger partial charge in [0.1, 0.15) is 40.2 Å². The predicted octanol–water partition coefficient (Wildman–Crippen LogP) is 33.6.